The third-order valence-corrected chi connectivity index (χ3v) is 6.07. The lowest BCUT2D eigenvalue weighted by molar-refractivity contribution is -0.380. The van der Waals surface area contributed by atoms with Crippen LogP contribution >= 0.6 is 11.3 Å². The quantitative estimate of drug-likeness (QED) is 0.677. The summed E-state index contributed by atoms with van der Waals surface area (Å²) in [5.41, 5.74) is -0.709. The number of carbonyl (C=O) groups is 1. The fraction of sp³-hybridized carbons (Fsp3) is 0.500. The van der Waals surface area contributed by atoms with E-state index in [0.29, 0.717) is 35.5 Å². The minimum Gasteiger partial charge on any atom is -0.481 e. The Morgan fingerprint density at radius 3 is 3.04 bits per heavy atom. The van der Waals surface area contributed by atoms with Gasteiger partial charge in [0.1, 0.15) is 17.0 Å². The summed E-state index contributed by atoms with van der Waals surface area (Å²) in [5.74, 6) is -0.0305. The highest BCUT2D eigenvalue weighted by Gasteiger charge is 2.55. The fourth-order valence-electron chi connectivity index (χ4n) is 3.97. The van der Waals surface area contributed by atoms with Crippen LogP contribution in [0.15, 0.2) is 12.4 Å². The number of aliphatic carboxylic acids is 1. The summed E-state index contributed by atoms with van der Waals surface area (Å²) < 4.78 is 0. The first-order chi connectivity index (χ1) is 11.0. The Morgan fingerprint density at radius 2 is 2.35 bits per heavy atom. The molecule has 120 valence electrons. The Labute approximate surface area is 134 Å². The topological polar surface area (TPSA) is 109 Å². The summed E-state index contributed by atoms with van der Waals surface area (Å²) in [4.78, 5) is 33.2. The van der Waals surface area contributed by atoms with Crippen molar-refractivity contribution in [3.63, 3.8) is 0 Å². The van der Waals surface area contributed by atoms with E-state index in [9.17, 15) is 20.0 Å². The monoisotopic (exact) mass is 334 g/mol. The van der Waals surface area contributed by atoms with Gasteiger partial charge >= 0.3 is 11.0 Å². The van der Waals surface area contributed by atoms with Gasteiger partial charge in [0.2, 0.25) is 0 Å². The minimum absolute atomic E-state index is 0.0223. The van der Waals surface area contributed by atoms with Crippen LogP contribution in [0.3, 0.4) is 0 Å². The van der Waals surface area contributed by atoms with Gasteiger partial charge in [-0.2, -0.15) is 0 Å². The number of nitrogens with zero attached hydrogens (tertiary/aromatic N) is 4. The first kappa shape index (κ1) is 14.3. The summed E-state index contributed by atoms with van der Waals surface area (Å²) in [6, 6.07) is 1.48. The number of fused-ring (bicyclic) bond motifs is 2. The van der Waals surface area contributed by atoms with E-state index in [0.717, 1.165) is 24.2 Å². The molecule has 0 spiro atoms. The van der Waals surface area contributed by atoms with E-state index in [1.54, 1.807) is 0 Å². The molecule has 23 heavy (non-hydrogen) atoms. The van der Waals surface area contributed by atoms with Crippen LogP contribution < -0.4 is 4.90 Å². The average Bonchev–Trinajstić information content (AvgIpc) is 3.18. The van der Waals surface area contributed by atoms with Gasteiger partial charge in [-0.3, -0.25) is 14.9 Å². The number of carboxylic acid groups (broad SMARTS) is 1. The third kappa shape index (κ3) is 1.99. The van der Waals surface area contributed by atoms with Crippen molar-refractivity contribution in [2.75, 3.05) is 18.0 Å². The summed E-state index contributed by atoms with van der Waals surface area (Å²) in [7, 11) is 0. The molecule has 2 aliphatic rings. The maximum absolute atomic E-state index is 11.8. The number of nitro groups is 1. The Hall–Kier alpha value is -2.29. The highest BCUT2D eigenvalue weighted by atomic mass is 32.1. The molecule has 1 N–H and O–H groups in total. The number of carboxylic acids is 1. The van der Waals surface area contributed by atoms with Gasteiger partial charge in [-0.05, 0) is 30.1 Å². The zero-order valence-corrected chi connectivity index (χ0v) is 13.0. The maximum Gasteiger partial charge on any atom is 0.326 e. The van der Waals surface area contributed by atoms with Crippen molar-refractivity contribution in [1.29, 1.82) is 0 Å². The summed E-state index contributed by atoms with van der Waals surface area (Å²) in [5, 5.41) is 21.3. The predicted octanol–water partition coefficient (Wildman–Crippen LogP) is 2.29. The van der Waals surface area contributed by atoms with E-state index in [1.807, 2.05) is 4.90 Å². The molecule has 1 aliphatic carbocycles. The molecule has 0 unspecified atom stereocenters. The smallest absolute Gasteiger partial charge is 0.326 e. The number of hydrogen-bond acceptors (Lipinski definition) is 7. The Bertz CT molecular complexity index is 822. The van der Waals surface area contributed by atoms with Crippen molar-refractivity contribution in [1.82, 2.24) is 9.97 Å². The number of rotatable bonds is 3. The molecule has 0 amide bonds. The van der Waals surface area contributed by atoms with E-state index in [1.165, 1.54) is 12.4 Å². The molecule has 0 bridgehead atoms. The number of anilines is 1. The second-order valence-electron chi connectivity index (χ2n) is 6.19. The number of thiophene rings is 1. The summed E-state index contributed by atoms with van der Waals surface area (Å²) in [6.45, 7) is 1.03. The molecule has 1 saturated heterocycles. The van der Waals surface area contributed by atoms with Crippen LogP contribution in [0.4, 0.5) is 10.8 Å². The molecular formula is C14H14N4O4S. The van der Waals surface area contributed by atoms with Crippen LogP contribution in [0.25, 0.3) is 10.2 Å². The van der Waals surface area contributed by atoms with Crippen LogP contribution in [0.2, 0.25) is 0 Å². The van der Waals surface area contributed by atoms with Gasteiger partial charge in [0.25, 0.3) is 0 Å². The van der Waals surface area contributed by atoms with Crippen molar-refractivity contribution < 1.29 is 14.8 Å². The average molecular weight is 334 g/mol. The first-order valence-corrected chi connectivity index (χ1v) is 8.20. The zero-order chi connectivity index (χ0) is 16.2. The van der Waals surface area contributed by atoms with E-state index in [2.05, 4.69) is 9.97 Å². The SMILES string of the molecule is O=C(O)[C@@]12CCC[C@H]1CN(c1ncnc3sc([N+](=O)[O-])cc13)C2. The highest BCUT2D eigenvalue weighted by Crippen LogP contribution is 2.50. The van der Waals surface area contributed by atoms with E-state index in [4.69, 9.17) is 0 Å². The van der Waals surface area contributed by atoms with Gasteiger partial charge in [-0.25, -0.2) is 9.97 Å². The molecule has 2 aromatic rings. The Morgan fingerprint density at radius 1 is 1.52 bits per heavy atom. The number of hydrogen-bond donors (Lipinski definition) is 1. The zero-order valence-electron chi connectivity index (χ0n) is 12.1. The maximum atomic E-state index is 11.8. The van der Waals surface area contributed by atoms with Gasteiger partial charge in [0.15, 0.2) is 0 Å². The molecule has 8 nitrogen and oxygen atoms in total. The van der Waals surface area contributed by atoms with E-state index < -0.39 is 16.3 Å². The van der Waals surface area contributed by atoms with Crippen LogP contribution in [-0.2, 0) is 4.79 Å². The predicted molar refractivity (Wildman–Crippen MR) is 83.7 cm³/mol. The van der Waals surface area contributed by atoms with Crippen LogP contribution in [-0.4, -0.2) is 39.1 Å². The van der Waals surface area contributed by atoms with Crippen molar-refractivity contribution in [2.24, 2.45) is 11.3 Å². The second kappa shape index (κ2) is 4.85. The molecule has 4 rings (SSSR count). The van der Waals surface area contributed by atoms with Crippen molar-refractivity contribution in [3.8, 4) is 0 Å². The van der Waals surface area contributed by atoms with Gasteiger partial charge in [-0.1, -0.05) is 6.42 Å². The molecule has 3 heterocycles. The molecule has 0 aromatic carbocycles. The lowest BCUT2D eigenvalue weighted by Gasteiger charge is -2.23. The molecule has 2 atom stereocenters. The largest absolute Gasteiger partial charge is 0.481 e. The lowest BCUT2D eigenvalue weighted by Crippen LogP contribution is -2.35. The molecule has 2 fully saturated rings. The number of aromatic nitrogens is 2. The van der Waals surface area contributed by atoms with Gasteiger partial charge in [0, 0.05) is 19.2 Å². The third-order valence-electron chi connectivity index (χ3n) is 5.07. The van der Waals surface area contributed by atoms with Crippen molar-refractivity contribution in [2.45, 2.75) is 19.3 Å². The fourth-order valence-corrected chi connectivity index (χ4v) is 4.78. The van der Waals surface area contributed by atoms with Gasteiger partial charge < -0.3 is 10.0 Å². The normalized spacial score (nSPS) is 26.6. The van der Waals surface area contributed by atoms with Crippen molar-refractivity contribution in [3.05, 3.63) is 22.5 Å². The summed E-state index contributed by atoms with van der Waals surface area (Å²) in [6.07, 6.45) is 3.91. The molecule has 2 aromatic heterocycles. The van der Waals surface area contributed by atoms with E-state index >= 15 is 0 Å². The van der Waals surface area contributed by atoms with Gasteiger partial charge in [0.05, 0.1) is 15.7 Å². The minimum atomic E-state index is -0.746. The first-order valence-electron chi connectivity index (χ1n) is 7.38. The Kier molecular flexibility index (Phi) is 3.02. The molecule has 1 saturated carbocycles. The van der Waals surface area contributed by atoms with Crippen LogP contribution in [0, 0.1) is 21.4 Å². The molecule has 0 radical (unpaired) electrons. The van der Waals surface area contributed by atoms with E-state index in [-0.39, 0.29) is 10.9 Å². The second-order valence-corrected chi connectivity index (χ2v) is 7.20. The molecule has 9 heteroatoms. The summed E-state index contributed by atoms with van der Waals surface area (Å²) >= 11 is 1.01. The standard InChI is InChI=1S/C14H14N4O4S/c19-13(20)14-3-1-2-8(14)5-17(6-14)11-9-4-10(18(21)22)23-12(9)16-7-15-11/h4,7-8H,1-3,5-6H2,(H,19,20)/t8-,14+/m0/s1. The lowest BCUT2D eigenvalue weighted by atomic mass is 9.81. The highest BCUT2D eigenvalue weighted by molar-refractivity contribution is 7.21. The van der Waals surface area contributed by atoms with Crippen LogP contribution in [0.5, 0.6) is 0 Å². The molecular weight excluding hydrogens is 320 g/mol. The Balaban J connectivity index is 1.76. The molecule has 1 aliphatic heterocycles. The van der Waals surface area contributed by atoms with Gasteiger partial charge in [-0.15, -0.1) is 0 Å². The van der Waals surface area contributed by atoms with Crippen molar-refractivity contribution >= 4 is 38.3 Å². The van der Waals surface area contributed by atoms with Crippen LogP contribution in [0.1, 0.15) is 19.3 Å².